The van der Waals surface area contributed by atoms with Gasteiger partial charge in [0.2, 0.25) is 0 Å². The molecule has 0 saturated carbocycles. The number of benzene rings is 2. The number of hydrogen-bond acceptors (Lipinski definition) is 6. The Morgan fingerprint density at radius 3 is 2.70 bits per heavy atom. The normalized spacial score (nSPS) is 10.5. The monoisotopic (exact) mass is 428 g/mol. The lowest BCUT2D eigenvalue weighted by molar-refractivity contribution is 0.0951. The Kier molecular flexibility index (Phi) is 7.36. The van der Waals surface area contributed by atoms with Crippen LogP contribution in [0, 0.1) is 0 Å². The SMILES string of the molecule is NCc1cn(CCNC(=O)c2cc(Cl)cc(NC(=O)OCc3ccccc3)c2)nn1. The van der Waals surface area contributed by atoms with Crippen LogP contribution in [0.4, 0.5) is 10.5 Å². The minimum Gasteiger partial charge on any atom is -0.444 e. The Hall–Kier alpha value is -3.43. The summed E-state index contributed by atoms with van der Waals surface area (Å²) in [6.45, 7) is 1.21. The van der Waals surface area contributed by atoms with E-state index in [2.05, 4.69) is 20.9 Å². The lowest BCUT2D eigenvalue weighted by Gasteiger charge is -2.10. The summed E-state index contributed by atoms with van der Waals surface area (Å²) in [5.74, 6) is -0.336. The molecule has 0 aliphatic carbocycles. The second-order valence-corrected chi connectivity index (χ2v) is 6.78. The standard InChI is InChI=1S/C20H21ClN6O3/c21-16-8-15(19(28)23-6-7-27-12-18(11-22)25-26-27)9-17(10-16)24-20(29)30-13-14-4-2-1-3-5-14/h1-5,8-10,12H,6-7,11,13,22H2,(H,23,28)(H,24,29). The molecule has 30 heavy (non-hydrogen) atoms. The number of nitrogens with one attached hydrogen (secondary N) is 2. The van der Waals surface area contributed by atoms with E-state index in [0.29, 0.717) is 41.6 Å². The van der Waals surface area contributed by atoms with Crippen LogP contribution in [0.2, 0.25) is 5.02 Å². The van der Waals surface area contributed by atoms with Crippen molar-refractivity contribution < 1.29 is 14.3 Å². The van der Waals surface area contributed by atoms with Gasteiger partial charge in [0.15, 0.2) is 0 Å². The Bertz CT molecular complexity index is 1010. The number of ether oxygens (including phenoxy) is 1. The highest BCUT2D eigenvalue weighted by molar-refractivity contribution is 6.31. The van der Waals surface area contributed by atoms with Gasteiger partial charge in [0, 0.05) is 35.6 Å². The molecule has 2 aromatic carbocycles. The van der Waals surface area contributed by atoms with Crippen LogP contribution < -0.4 is 16.4 Å². The number of rotatable bonds is 8. The van der Waals surface area contributed by atoms with Crippen molar-refractivity contribution in [3.8, 4) is 0 Å². The molecule has 0 bridgehead atoms. The number of hydrogen-bond donors (Lipinski definition) is 3. The second kappa shape index (κ2) is 10.4. The summed E-state index contributed by atoms with van der Waals surface area (Å²) in [7, 11) is 0. The van der Waals surface area contributed by atoms with E-state index < -0.39 is 6.09 Å². The minimum atomic E-state index is -0.644. The van der Waals surface area contributed by atoms with Gasteiger partial charge in [-0.1, -0.05) is 47.1 Å². The van der Waals surface area contributed by atoms with E-state index in [1.165, 1.54) is 18.2 Å². The Balaban J connectivity index is 1.53. The van der Waals surface area contributed by atoms with Gasteiger partial charge in [0.05, 0.1) is 12.2 Å². The number of amides is 2. The first kappa shape index (κ1) is 21.3. The van der Waals surface area contributed by atoms with Gasteiger partial charge in [0.1, 0.15) is 6.61 Å². The number of nitrogens with two attached hydrogens (primary N) is 1. The third kappa shape index (κ3) is 6.29. The second-order valence-electron chi connectivity index (χ2n) is 6.35. The molecule has 156 valence electrons. The van der Waals surface area contributed by atoms with Crippen LogP contribution in [-0.4, -0.2) is 33.5 Å². The van der Waals surface area contributed by atoms with Crippen LogP contribution in [0.3, 0.4) is 0 Å². The maximum atomic E-state index is 12.4. The van der Waals surface area contributed by atoms with Crippen LogP contribution in [0.5, 0.6) is 0 Å². The Morgan fingerprint density at radius 1 is 1.17 bits per heavy atom. The highest BCUT2D eigenvalue weighted by atomic mass is 35.5. The zero-order valence-corrected chi connectivity index (χ0v) is 16.8. The van der Waals surface area contributed by atoms with Gasteiger partial charge in [-0.3, -0.25) is 14.8 Å². The third-order valence-corrected chi connectivity index (χ3v) is 4.26. The van der Waals surface area contributed by atoms with Crippen LogP contribution in [-0.2, 0) is 24.4 Å². The van der Waals surface area contributed by atoms with E-state index in [0.717, 1.165) is 5.56 Å². The van der Waals surface area contributed by atoms with E-state index in [4.69, 9.17) is 22.1 Å². The van der Waals surface area contributed by atoms with Crippen molar-refractivity contribution in [3.05, 3.63) is 76.6 Å². The molecule has 0 atom stereocenters. The molecule has 0 saturated heterocycles. The topological polar surface area (TPSA) is 124 Å². The lowest BCUT2D eigenvalue weighted by Crippen LogP contribution is -2.27. The van der Waals surface area contributed by atoms with Crippen LogP contribution in [0.15, 0.2) is 54.7 Å². The summed E-state index contributed by atoms with van der Waals surface area (Å²) in [6, 6.07) is 13.9. The highest BCUT2D eigenvalue weighted by Crippen LogP contribution is 2.19. The fourth-order valence-electron chi connectivity index (χ4n) is 2.60. The maximum Gasteiger partial charge on any atom is 0.411 e. The molecule has 1 aromatic heterocycles. The summed E-state index contributed by atoms with van der Waals surface area (Å²) < 4.78 is 6.77. The zero-order chi connectivity index (χ0) is 21.3. The fraction of sp³-hybridized carbons (Fsp3) is 0.200. The molecular formula is C20H21ClN6O3. The first-order valence-corrected chi connectivity index (χ1v) is 9.57. The first-order valence-electron chi connectivity index (χ1n) is 9.19. The number of anilines is 1. The van der Waals surface area contributed by atoms with E-state index in [1.54, 1.807) is 10.9 Å². The van der Waals surface area contributed by atoms with Crippen molar-refractivity contribution >= 4 is 29.3 Å². The Morgan fingerprint density at radius 2 is 1.97 bits per heavy atom. The minimum absolute atomic E-state index is 0.134. The quantitative estimate of drug-likeness (QED) is 0.506. The number of carbonyl (C=O) groups is 2. The Labute approximate surface area is 178 Å². The van der Waals surface area contributed by atoms with Gasteiger partial charge in [-0.25, -0.2) is 4.79 Å². The maximum absolute atomic E-state index is 12.4. The number of nitrogens with zero attached hydrogens (tertiary/aromatic N) is 3. The van der Waals surface area contributed by atoms with Gasteiger partial charge in [-0.2, -0.15) is 0 Å². The fourth-order valence-corrected chi connectivity index (χ4v) is 2.83. The number of halogens is 1. The molecule has 9 nitrogen and oxygen atoms in total. The van der Waals surface area contributed by atoms with Crippen molar-refractivity contribution in [2.45, 2.75) is 19.7 Å². The number of carbonyl (C=O) groups excluding carboxylic acids is 2. The summed E-state index contributed by atoms with van der Waals surface area (Å²) >= 11 is 6.09. The van der Waals surface area contributed by atoms with Crippen LogP contribution >= 0.6 is 11.6 Å². The van der Waals surface area contributed by atoms with Gasteiger partial charge < -0.3 is 15.8 Å². The van der Waals surface area contributed by atoms with Crippen molar-refractivity contribution in [1.29, 1.82) is 0 Å². The molecule has 3 rings (SSSR count). The molecule has 0 aliphatic rings. The largest absolute Gasteiger partial charge is 0.444 e. The summed E-state index contributed by atoms with van der Waals surface area (Å²) in [5.41, 5.74) is 7.69. The molecule has 4 N–H and O–H groups in total. The van der Waals surface area contributed by atoms with Crippen LogP contribution in [0.1, 0.15) is 21.6 Å². The molecule has 2 amide bonds. The highest BCUT2D eigenvalue weighted by Gasteiger charge is 2.11. The van der Waals surface area contributed by atoms with Gasteiger partial charge >= 0.3 is 6.09 Å². The van der Waals surface area contributed by atoms with Crippen molar-refractivity contribution in [2.24, 2.45) is 5.73 Å². The predicted octanol–water partition coefficient (Wildman–Crippen LogP) is 2.57. The molecule has 0 radical (unpaired) electrons. The molecule has 0 fully saturated rings. The van der Waals surface area contributed by atoms with Gasteiger partial charge in [-0.15, -0.1) is 5.10 Å². The van der Waals surface area contributed by atoms with E-state index in [9.17, 15) is 9.59 Å². The average Bonchev–Trinajstić information content (AvgIpc) is 3.20. The summed E-state index contributed by atoms with van der Waals surface area (Å²) in [5, 5.41) is 13.4. The van der Waals surface area contributed by atoms with Crippen molar-refractivity contribution in [3.63, 3.8) is 0 Å². The molecule has 10 heteroatoms. The van der Waals surface area contributed by atoms with Gasteiger partial charge in [-0.05, 0) is 23.8 Å². The average molecular weight is 429 g/mol. The predicted molar refractivity (Wildman–Crippen MR) is 112 cm³/mol. The molecule has 1 heterocycles. The van der Waals surface area contributed by atoms with E-state index in [-0.39, 0.29) is 12.5 Å². The van der Waals surface area contributed by atoms with Crippen molar-refractivity contribution in [2.75, 3.05) is 11.9 Å². The summed E-state index contributed by atoms with van der Waals surface area (Å²) in [6.07, 6.45) is 1.07. The van der Waals surface area contributed by atoms with E-state index >= 15 is 0 Å². The molecule has 0 spiro atoms. The van der Waals surface area contributed by atoms with Crippen LogP contribution in [0.25, 0.3) is 0 Å². The molecule has 0 aliphatic heterocycles. The molecule has 0 unspecified atom stereocenters. The third-order valence-electron chi connectivity index (χ3n) is 4.04. The summed E-state index contributed by atoms with van der Waals surface area (Å²) in [4.78, 5) is 24.5. The van der Waals surface area contributed by atoms with Gasteiger partial charge in [0.25, 0.3) is 5.91 Å². The van der Waals surface area contributed by atoms with Crippen molar-refractivity contribution in [1.82, 2.24) is 20.3 Å². The number of aromatic nitrogens is 3. The zero-order valence-electron chi connectivity index (χ0n) is 16.0. The lowest BCUT2D eigenvalue weighted by atomic mass is 10.2. The molecule has 3 aromatic rings. The van der Waals surface area contributed by atoms with E-state index in [1.807, 2.05) is 30.3 Å². The smallest absolute Gasteiger partial charge is 0.411 e. The first-order chi connectivity index (χ1) is 14.5. The molecular weight excluding hydrogens is 408 g/mol.